The molecule has 0 saturated heterocycles. The minimum Gasteiger partial charge on any atom is -0.298 e. The molecule has 0 unspecified atom stereocenters. The Morgan fingerprint density at radius 1 is 1.30 bits per heavy atom. The van der Waals surface area contributed by atoms with E-state index in [0.717, 1.165) is 32.7 Å². The number of nitrogens with one attached hydrogen (secondary N) is 1. The zero-order valence-electron chi connectivity index (χ0n) is 13.5. The van der Waals surface area contributed by atoms with Crippen LogP contribution in [-0.2, 0) is 11.8 Å². The summed E-state index contributed by atoms with van der Waals surface area (Å²) < 4.78 is 2.88. The summed E-state index contributed by atoms with van der Waals surface area (Å²) >= 11 is 1.48. The Labute approximate surface area is 138 Å². The van der Waals surface area contributed by atoms with Gasteiger partial charge < -0.3 is 0 Å². The van der Waals surface area contributed by atoms with E-state index < -0.39 is 0 Å². The van der Waals surface area contributed by atoms with Crippen LogP contribution in [0.1, 0.15) is 22.5 Å². The van der Waals surface area contributed by atoms with E-state index in [0.29, 0.717) is 5.13 Å². The maximum atomic E-state index is 12.1. The molecule has 0 fully saturated rings. The molecule has 3 aromatic rings. The zero-order valence-corrected chi connectivity index (χ0v) is 14.4. The third-order valence-electron chi connectivity index (χ3n) is 3.82. The van der Waals surface area contributed by atoms with E-state index in [1.807, 2.05) is 50.7 Å². The van der Waals surface area contributed by atoms with Crippen LogP contribution in [0.5, 0.6) is 0 Å². The first-order valence-corrected chi connectivity index (χ1v) is 8.13. The van der Waals surface area contributed by atoms with E-state index in [2.05, 4.69) is 15.4 Å². The van der Waals surface area contributed by atoms with Gasteiger partial charge in [0.25, 0.3) is 0 Å². The summed E-state index contributed by atoms with van der Waals surface area (Å²) in [5.41, 5.74) is 4.96. The summed E-state index contributed by atoms with van der Waals surface area (Å²) in [6.45, 7) is 5.93. The van der Waals surface area contributed by atoms with Gasteiger partial charge in [0, 0.05) is 24.4 Å². The van der Waals surface area contributed by atoms with Crippen LogP contribution >= 0.6 is 11.3 Å². The summed E-state index contributed by atoms with van der Waals surface area (Å²) in [6, 6.07) is 6.02. The lowest BCUT2D eigenvalue weighted by atomic mass is 10.2. The standard InChI is InChI=1S/C17H18N4OS/c1-10-6-5-7-14-16(10)19-17(23-14)18-15(22)9-8-13-11(2)20-21(4)12(13)3/h5-9H,1-4H3,(H,18,19,22)/b9-8+. The second-order valence-corrected chi connectivity index (χ2v) is 6.50. The summed E-state index contributed by atoms with van der Waals surface area (Å²) in [6.07, 6.45) is 3.32. The van der Waals surface area contributed by atoms with Gasteiger partial charge in [0.1, 0.15) is 0 Å². The number of aromatic nitrogens is 3. The van der Waals surface area contributed by atoms with Crippen LogP contribution in [0.2, 0.25) is 0 Å². The first-order valence-electron chi connectivity index (χ1n) is 7.31. The van der Waals surface area contributed by atoms with Crippen LogP contribution in [-0.4, -0.2) is 20.7 Å². The number of para-hydroxylation sites is 1. The van der Waals surface area contributed by atoms with Gasteiger partial charge in [-0.2, -0.15) is 5.10 Å². The van der Waals surface area contributed by atoms with Crippen molar-refractivity contribution in [1.82, 2.24) is 14.8 Å². The Morgan fingerprint density at radius 3 is 2.74 bits per heavy atom. The molecule has 1 aromatic carbocycles. The quantitative estimate of drug-likeness (QED) is 0.748. The van der Waals surface area contributed by atoms with E-state index in [-0.39, 0.29) is 5.91 Å². The SMILES string of the molecule is Cc1nn(C)c(C)c1/C=C/C(=O)Nc1nc2c(C)cccc2s1. The molecule has 5 nitrogen and oxygen atoms in total. The molecule has 0 bridgehead atoms. The number of nitrogens with zero attached hydrogens (tertiary/aromatic N) is 3. The number of hydrogen-bond acceptors (Lipinski definition) is 4. The number of hydrogen-bond donors (Lipinski definition) is 1. The molecule has 0 atom stereocenters. The Bertz CT molecular complexity index is 920. The third kappa shape index (κ3) is 3.03. The van der Waals surface area contributed by atoms with Crippen molar-refractivity contribution < 1.29 is 4.79 Å². The topological polar surface area (TPSA) is 59.8 Å². The molecule has 2 heterocycles. The molecule has 1 amide bonds. The first kappa shape index (κ1) is 15.4. The van der Waals surface area contributed by atoms with Gasteiger partial charge in [-0.1, -0.05) is 23.5 Å². The molecule has 1 N–H and O–H groups in total. The second-order valence-electron chi connectivity index (χ2n) is 5.47. The molecular formula is C17H18N4OS. The minimum absolute atomic E-state index is 0.190. The number of benzene rings is 1. The summed E-state index contributed by atoms with van der Waals surface area (Å²) in [5, 5.41) is 7.78. The molecular weight excluding hydrogens is 308 g/mol. The van der Waals surface area contributed by atoms with Crippen molar-refractivity contribution in [3.8, 4) is 0 Å². The lowest BCUT2D eigenvalue weighted by Crippen LogP contribution is -2.07. The Balaban J connectivity index is 1.78. The van der Waals surface area contributed by atoms with Crippen LogP contribution in [0.25, 0.3) is 16.3 Å². The monoisotopic (exact) mass is 326 g/mol. The lowest BCUT2D eigenvalue weighted by Gasteiger charge is -1.97. The number of aryl methyl sites for hydroxylation is 3. The van der Waals surface area contributed by atoms with Crippen molar-refractivity contribution in [3.63, 3.8) is 0 Å². The van der Waals surface area contributed by atoms with Crippen LogP contribution in [0.3, 0.4) is 0 Å². The number of anilines is 1. The van der Waals surface area contributed by atoms with E-state index in [1.165, 1.54) is 17.4 Å². The van der Waals surface area contributed by atoms with Crippen LogP contribution in [0.4, 0.5) is 5.13 Å². The van der Waals surface area contributed by atoms with Crippen molar-refractivity contribution in [1.29, 1.82) is 0 Å². The molecule has 0 radical (unpaired) electrons. The Morgan fingerprint density at radius 2 is 2.09 bits per heavy atom. The molecule has 0 aliphatic rings. The predicted molar refractivity (Wildman–Crippen MR) is 94.7 cm³/mol. The lowest BCUT2D eigenvalue weighted by molar-refractivity contribution is -0.111. The summed E-state index contributed by atoms with van der Waals surface area (Å²) in [5.74, 6) is -0.190. The fraction of sp³-hybridized carbons (Fsp3) is 0.235. The number of carbonyl (C=O) groups excluding carboxylic acids is 1. The van der Waals surface area contributed by atoms with Gasteiger partial charge in [0.15, 0.2) is 5.13 Å². The fourth-order valence-corrected chi connectivity index (χ4v) is 3.42. The average molecular weight is 326 g/mol. The Kier molecular flexibility index (Phi) is 4.00. The number of thiazole rings is 1. The average Bonchev–Trinajstić information content (AvgIpc) is 3.00. The van der Waals surface area contributed by atoms with E-state index in [1.54, 1.807) is 6.08 Å². The molecule has 118 valence electrons. The van der Waals surface area contributed by atoms with Gasteiger partial charge in [0.2, 0.25) is 5.91 Å². The maximum Gasteiger partial charge on any atom is 0.250 e. The van der Waals surface area contributed by atoms with Crippen molar-refractivity contribution in [2.45, 2.75) is 20.8 Å². The van der Waals surface area contributed by atoms with Gasteiger partial charge in [0.05, 0.1) is 15.9 Å². The maximum absolute atomic E-state index is 12.1. The summed E-state index contributed by atoms with van der Waals surface area (Å²) in [4.78, 5) is 16.6. The highest BCUT2D eigenvalue weighted by Crippen LogP contribution is 2.27. The molecule has 3 rings (SSSR count). The number of amides is 1. The number of fused-ring (bicyclic) bond motifs is 1. The highest BCUT2D eigenvalue weighted by atomic mass is 32.1. The van der Waals surface area contributed by atoms with Gasteiger partial charge in [-0.25, -0.2) is 4.98 Å². The minimum atomic E-state index is -0.190. The van der Waals surface area contributed by atoms with E-state index >= 15 is 0 Å². The predicted octanol–water partition coefficient (Wildman–Crippen LogP) is 3.61. The molecule has 0 aliphatic carbocycles. The van der Waals surface area contributed by atoms with Gasteiger partial charge in [-0.05, 0) is 38.5 Å². The molecule has 0 aliphatic heterocycles. The fourth-order valence-electron chi connectivity index (χ4n) is 2.48. The molecule has 23 heavy (non-hydrogen) atoms. The normalized spacial score (nSPS) is 11.5. The summed E-state index contributed by atoms with van der Waals surface area (Å²) in [7, 11) is 1.89. The van der Waals surface area contributed by atoms with Crippen LogP contribution in [0.15, 0.2) is 24.3 Å². The molecule has 2 aromatic heterocycles. The van der Waals surface area contributed by atoms with Gasteiger partial charge in [-0.15, -0.1) is 0 Å². The number of rotatable bonds is 3. The molecule has 0 spiro atoms. The van der Waals surface area contributed by atoms with Crippen molar-refractivity contribution in [3.05, 3.63) is 46.8 Å². The highest BCUT2D eigenvalue weighted by Gasteiger charge is 2.09. The second kappa shape index (κ2) is 5.96. The molecule has 0 saturated carbocycles. The van der Waals surface area contributed by atoms with E-state index in [4.69, 9.17) is 0 Å². The first-order chi connectivity index (χ1) is 11.0. The largest absolute Gasteiger partial charge is 0.298 e. The molecule has 6 heteroatoms. The smallest absolute Gasteiger partial charge is 0.250 e. The zero-order chi connectivity index (χ0) is 16.6. The van der Waals surface area contributed by atoms with Crippen LogP contribution < -0.4 is 5.32 Å². The van der Waals surface area contributed by atoms with Crippen molar-refractivity contribution in [2.24, 2.45) is 7.05 Å². The van der Waals surface area contributed by atoms with E-state index in [9.17, 15) is 4.79 Å². The van der Waals surface area contributed by atoms with Gasteiger partial charge >= 0.3 is 0 Å². The van der Waals surface area contributed by atoms with Gasteiger partial charge in [-0.3, -0.25) is 14.8 Å². The highest BCUT2D eigenvalue weighted by molar-refractivity contribution is 7.22. The third-order valence-corrected chi connectivity index (χ3v) is 4.75. The van der Waals surface area contributed by atoms with Crippen molar-refractivity contribution in [2.75, 3.05) is 5.32 Å². The number of carbonyl (C=O) groups is 1. The van der Waals surface area contributed by atoms with Crippen molar-refractivity contribution >= 4 is 38.7 Å². The Hall–Kier alpha value is -2.47. The van der Waals surface area contributed by atoms with Crippen LogP contribution in [0, 0.1) is 20.8 Å².